The first kappa shape index (κ1) is 26.2. The largest absolute Gasteiger partial charge is 0.496 e. The first-order valence-electron chi connectivity index (χ1n) is 12.4. The van der Waals surface area contributed by atoms with Crippen molar-refractivity contribution in [1.29, 1.82) is 0 Å². The van der Waals surface area contributed by atoms with Crippen molar-refractivity contribution in [2.24, 2.45) is 0 Å². The number of alkyl halides is 1. The minimum absolute atomic E-state index is 0.0772. The Balaban J connectivity index is 1.64. The second kappa shape index (κ2) is 12.9. The van der Waals surface area contributed by atoms with Crippen molar-refractivity contribution in [2.45, 2.75) is 71.8 Å². The highest BCUT2D eigenvalue weighted by Gasteiger charge is 2.22. The van der Waals surface area contributed by atoms with Crippen LogP contribution in [0.2, 0.25) is 0 Å². The van der Waals surface area contributed by atoms with Crippen molar-refractivity contribution >= 4 is 17.4 Å². The second-order valence-corrected chi connectivity index (χ2v) is 9.00. The summed E-state index contributed by atoms with van der Waals surface area (Å²) in [5.74, 6) is 3.01. The van der Waals surface area contributed by atoms with Gasteiger partial charge in [-0.2, -0.15) is 0 Å². The molecule has 0 bridgehead atoms. The Morgan fingerprint density at radius 2 is 1.68 bits per heavy atom. The van der Waals surface area contributed by atoms with Crippen molar-refractivity contribution in [3.8, 4) is 23.0 Å². The molecule has 0 fully saturated rings. The number of methoxy groups -OCH3 is 1. The van der Waals surface area contributed by atoms with Gasteiger partial charge in [0.05, 0.1) is 37.9 Å². The number of benzene rings is 2. The summed E-state index contributed by atoms with van der Waals surface area (Å²) in [7, 11) is 1.58. The minimum Gasteiger partial charge on any atom is -0.496 e. The van der Waals surface area contributed by atoms with E-state index >= 15 is 0 Å². The number of ether oxygens (including phenoxy) is 4. The van der Waals surface area contributed by atoms with Crippen LogP contribution in [0.25, 0.3) is 0 Å². The van der Waals surface area contributed by atoms with Gasteiger partial charge in [-0.1, -0.05) is 32.8 Å². The Morgan fingerprint density at radius 1 is 1.03 bits per heavy atom. The Labute approximate surface area is 208 Å². The van der Waals surface area contributed by atoms with E-state index in [1.807, 2.05) is 6.07 Å². The molecule has 1 unspecified atom stereocenters. The topological polar surface area (TPSA) is 54.0 Å². The molecule has 186 valence electrons. The van der Waals surface area contributed by atoms with E-state index < -0.39 is 0 Å². The zero-order valence-electron chi connectivity index (χ0n) is 20.9. The zero-order chi connectivity index (χ0) is 24.5. The number of Topliss-reactive ketones (excluding diaryl/α,β-unsaturated/α-hetero) is 1. The third-order valence-corrected chi connectivity index (χ3v) is 6.33. The quantitative estimate of drug-likeness (QED) is 0.181. The average molecular weight is 489 g/mol. The Hall–Kier alpha value is -2.40. The van der Waals surface area contributed by atoms with Gasteiger partial charge in [-0.25, -0.2) is 0 Å². The molecule has 0 saturated carbocycles. The maximum absolute atomic E-state index is 12.2. The summed E-state index contributed by atoms with van der Waals surface area (Å²) in [5, 5.41) is 0. The van der Waals surface area contributed by atoms with Gasteiger partial charge >= 0.3 is 0 Å². The van der Waals surface area contributed by atoms with E-state index in [-0.39, 0.29) is 17.8 Å². The molecule has 0 radical (unpaired) electrons. The average Bonchev–Trinajstić information content (AvgIpc) is 2.85. The molecule has 0 aliphatic carbocycles. The lowest BCUT2D eigenvalue weighted by Crippen LogP contribution is -2.20. The fourth-order valence-corrected chi connectivity index (χ4v) is 4.57. The molecule has 1 aliphatic rings. The highest BCUT2D eigenvalue weighted by molar-refractivity contribution is 6.30. The molecule has 1 atom stereocenters. The lowest BCUT2D eigenvalue weighted by Gasteiger charge is -2.27. The van der Waals surface area contributed by atoms with Gasteiger partial charge in [-0.15, -0.1) is 11.6 Å². The highest BCUT2D eigenvalue weighted by Crippen LogP contribution is 2.38. The molecule has 0 N–H and O–H groups in total. The molecule has 3 rings (SSSR count). The minimum atomic E-state index is -0.151. The van der Waals surface area contributed by atoms with Crippen LogP contribution in [-0.4, -0.2) is 38.1 Å². The predicted molar refractivity (Wildman–Crippen MR) is 136 cm³/mol. The molecule has 0 spiro atoms. The number of aryl methyl sites for hydroxylation is 1. The molecule has 2 aromatic carbocycles. The van der Waals surface area contributed by atoms with Crippen molar-refractivity contribution in [3.05, 3.63) is 46.5 Å². The van der Waals surface area contributed by atoms with Crippen LogP contribution < -0.4 is 18.9 Å². The van der Waals surface area contributed by atoms with Crippen LogP contribution in [-0.2, 0) is 19.3 Å². The van der Waals surface area contributed by atoms with Crippen molar-refractivity contribution in [1.82, 2.24) is 0 Å². The van der Waals surface area contributed by atoms with Gasteiger partial charge < -0.3 is 18.9 Å². The molecule has 34 heavy (non-hydrogen) atoms. The summed E-state index contributed by atoms with van der Waals surface area (Å²) in [4.78, 5) is 12.2. The third kappa shape index (κ3) is 6.18. The van der Waals surface area contributed by atoms with Crippen LogP contribution in [0, 0.1) is 0 Å². The molecule has 0 aromatic heterocycles. The second-order valence-electron chi connectivity index (χ2n) is 8.73. The molecule has 0 amide bonds. The number of carbonyl (C=O) groups is 1. The predicted octanol–water partition coefficient (Wildman–Crippen LogP) is 6.58. The van der Waals surface area contributed by atoms with E-state index in [0.717, 1.165) is 67.8 Å². The number of ketones is 1. The first-order valence-corrected chi connectivity index (χ1v) is 12.9. The Bertz CT molecular complexity index is 972. The van der Waals surface area contributed by atoms with Gasteiger partial charge in [0.15, 0.2) is 5.78 Å². The number of hydrogen-bond donors (Lipinski definition) is 0. The number of hydrogen-bond acceptors (Lipinski definition) is 5. The summed E-state index contributed by atoms with van der Waals surface area (Å²) >= 11 is 5.77. The van der Waals surface area contributed by atoms with Gasteiger partial charge in [-0.3, -0.25) is 4.79 Å². The third-order valence-electron chi connectivity index (χ3n) is 6.09. The van der Waals surface area contributed by atoms with Gasteiger partial charge in [0.25, 0.3) is 0 Å². The van der Waals surface area contributed by atoms with E-state index in [1.54, 1.807) is 13.2 Å². The molecular weight excluding hydrogens is 452 g/mol. The van der Waals surface area contributed by atoms with E-state index in [0.29, 0.717) is 24.5 Å². The van der Waals surface area contributed by atoms with Crippen molar-refractivity contribution in [2.75, 3.05) is 26.2 Å². The number of halogens is 1. The smallest absolute Gasteiger partial charge is 0.181 e. The summed E-state index contributed by atoms with van der Waals surface area (Å²) in [5.41, 5.74) is 3.88. The monoisotopic (exact) mass is 488 g/mol. The number of fused-ring (bicyclic) bond motifs is 1. The van der Waals surface area contributed by atoms with E-state index in [4.69, 9.17) is 30.5 Å². The van der Waals surface area contributed by atoms with Crippen LogP contribution in [0.5, 0.6) is 23.0 Å². The van der Waals surface area contributed by atoms with Gasteiger partial charge in [-0.05, 0) is 56.4 Å². The number of carbonyl (C=O) groups excluding carboxylic acids is 1. The molecule has 0 saturated heterocycles. The summed E-state index contributed by atoms with van der Waals surface area (Å²) in [6.45, 7) is 7.45. The molecule has 2 aromatic rings. The van der Waals surface area contributed by atoms with Crippen LogP contribution >= 0.6 is 11.6 Å². The van der Waals surface area contributed by atoms with Crippen LogP contribution in [0.1, 0.15) is 73.5 Å². The fourth-order valence-electron chi connectivity index (χ4n) is 4.42. The Kier molecular flexibility index (Phi) is 9.94. The maximum atomic E-state index is 12.2. The SMILES string of the molecule is CCCc1c(OCCCOc2ccc(C(=O)CCl)c(OC)c2CCC)ccc2c1OC(C)CC2. The zero-order valence-corrected chi connectivity index (χ0v) is 21.6. The lowest BCUT2D eigenvalue weighted by molar-refractivity contribution is 0.101. The Morgan fingerprint density at radius 3 is 2.32 bits per heavy atom. The van der Waals surface area contributed by atoms with Crippen molar-refractivity contribution in [3.63, 3.8) is 0 Å². The highest BCUT2D eigenvalue weighted by atomic mass is 35.5. The lowest BCUT2D eigenvalue weighted by atomic mass is 9.97. The van der Waals surface area contributed by atoms with Gasteiger partial charge in [0.2, 0.25) is 0 Å². The van der Waals surface area contributed by atoms with Crippen LogP contribution in [0.3, 0.4) is 0 Å². The van der Waals surface area contributed by atoms with E-state index in [2.05, 4.69) is 32.9 Å². The fraction of sp³-hybridized carbons (Fsp3) is 0.536. The summed E-state index contributed by atoms with van der Waals surface area (Å²) in [6, 6.07) is 7.80. The standard InChI is InChI=1S/C28H37ClO5/c1-5-8-22-25(14-12-20-11-10-19(3)34-27(20)22)32-16-7-17-33-26-15-13-21(24(30)18-29)28(31-4)23(26)9-6-2/h12-15,19H,5-11,16-18H2,1-4H3. The molecule has 1 heterocycles. The first-order chi connectivity index (χ1) is 16.5. The van der Waals surface area contributed by atoms with E-state index in [1.165, 1.54) is 11.1 Å². The number of rotatable bonds is 13. The molecule has 5 nitrogen and oxygen atoms in total. The van der Waals surface area contributed by atoms with Gasteiger partial charge in [0, 0.05) is 17.5 Å². The summed E-state index contributed by atoms with van der Waals surface area (Å²) < 4.78 is 24.0. The van der Waals surface area contributed by atoms with E-state index in [9.17, 15) is 4.79 Å². The summed E-state index contributed by atoms with van der Waals surface area (Å²) in [6.07, 6.45) is 6.73. The normalized spacial score (nSPS) is 14.8. The van der Waals surface area contributed by atoms with Crippen LogP contribution in [0.15, 0.2) is 24.3 Å². The van der Waals surface area contributed by atoms with Gasteiger partial charge in [0.1, 0.15) is 23.0 Å². The maximum Gasteiger partial charge on any atom is 0.181 e. The molecule has 6 heteroatoms. The molecule has 1 aliphatic heterocycles. The van der Waals surface area contributed by atoms with Crippen LogP contribution in [0.4, 0.5) is 0 Å². The molecular formula is C28H37ClO5. The van der Waals surface area contributed by atoms with Crippen molar-refractivity contribution < 1.29 is 23.7 Å².